The molecule has 0 aliphatic heterocycles. The van der Waals surface area contributed by atoms with Gasteiger partial charge in [-0.2, -0.15) is 0 Å². The highest BCUT2D eigenvalue weighted by molar-refractivity contribution is 5.94. The summed E-state index contributed by atoms with van der Waals surface area (Å²) in [5, 5.41) is 2.85. The van der Waals surface area contributed by atoms with Gasteiger partial charge < -0.3 is 15.0 Å². The van der Waals surface area contributed by atoms with Crippen molar-refractivity contribution in [2.24, 2.45) is 0 Å². The number of hydrogen-bond donors (Lipinski definition) is 1. The van der Waals surface area contributed by atoms with E-state index in [0.29, 0.717) is 12.2 Å². The maximum Gasteiger partial charge on any atom is 0.226 e. The first kappa shape index (κ1) is 20.5. The zero-order valence-electron chi connectivity index (χ0n) is 16.5. The standard InChI is InChI=1S/C22H28N2O3/c1-5-18-6-10-20(11-7-18)24(17(4)25)15-14-22(26)23-19-8-12-21(13-9-19)27-16(2)3/h6-13,16H,5,14-15H2,1-4H3,(H,23,26). The van der Waals surface area contributed by atoms with Crippen molar-refractivity contribution < 1.29 is 14.3 Å². The second-order valence-corrected chi connectivity index (χ2v) is 6.68. The monoisotopic (exact) mass is 368 g/mol. The fourth-order valence-corrected chi connectivity index (χ4v) is 2.71. The average molecular weight is 368 g/mol. The Morgan fingerprint density at radius 1 is 1.04 bits per heavy atom. The van der Waals surface area contributed by atoms with Crippen LogP contribution in [0.25, 0.3) is 0 Å². The number of aryl methyl sites for hydroxylation is 1. The van der Waals surface area contributed by atoms with E-state index in [1.54, 1.807) is 4.90 Å². The lowest BCUT2D eigenvalue weighted by molar-refractivity contribution is -0.117. The third-order valence-electron chi connectivity index (χ3n) is 4.11. The van der Waals surface area contributed by atoms with Gasteiger partial charge in [-0.05, 0) is 62.2 Å². The van der Waals surface area contributed by atoms with Crippen LogP contribution in [0.4, 0.5) is 11.4 Å². The molecule has 0 heterocycles. The van der Waals surface area contributed by atoms with Crippen molar-refractivity contribution in [3.05, 3.63) is 54.1 Å². The first-order valence-corrected chi connectivity index (χ1v) is 9.32. The second kappa shape index (κ2) is 9.76. The number of ether oxygens (including phenoxy) is 1. The van der Waals surface area contributed by atoms with Gasteiger partial charge in [-0.25, -0.2) is 0 Å². The molecule has 0 bridgehead atoms. The highest BCUT2D eigenvalue weighted by Crippen LogP contribution is 2.18. The molecule has 0 aromatic heterocycles. The molecular weight excluding hydrogens is 340 g/mol. The highest BCUT2D eigenvalue weighted by atomic mass is 16.5. The zero-order valence-corrected chi connectivity index (χ0v) is 16.5. The largest absolute Gasteiger partial charge is 0.491 e. The fourth-order valence-electron chi connectivity index (χ4n) is 2.71. The molecule has 0 aliphatic carbocycles. The molecule has 5 heteroatoms. The van der Waals surface area contributed by atoms with Gasteiger partial charge in [0.05, 0.1) is 6.10 Å². The van der Waals surface area contributed by atoms with Gasteiger partial charge in [-0.15, -0.1) is 0 Å². The van der Waals surface area contributed by atoms with Gasteiger partial charge in [0.25, 0.3) is 0 Å². The van der Waals surface area contributed by atoms with Crippen LogP contribution in [-0.2, 0) is 16.0 Å². The van der Waals surface area contributed by atoms with E-state index in [0.717, 1.165) is 17.9 Å². The molecule has 2 aromatic rings. The normalized spacial score (nSPS) is 10.6. The van der Waals surface area contributed by atoms with Crippen LogP contribution >= 0.6 is 0 Å². The Labute approximate surface area is 161 Å². The summed E-state index contributed by atoms with van der Waals surface area (Å²) in [5.41, 5.74) is 2.73. The number of anilines is 2. The van der Waals surface area contributed by atoms with Crippen LogP contribution in [-0.4, -0.2) is 24.5 Å². The first-order chi connectivity index (χ1) is 12.9. The van der Waals surface area contributed by atoms with E-state index >= 15 is 0 Å². The molecule has 27 heavy (non-hydrogen) atoms. The topological polar surface area (TPSA) is 58.6 Å². The molecule has 0 fully saturated rings. The van der Waals surface area contributed by atoms with E-state index in [4.69, 9.17) is 4.74 Å². The van der Waals surface area contributed by atoms with E-state index in [2.05, 4.69) is 12.2 Å². The molecule has 1 N–H and O–H groups in total. The molecule has 0 saturated carbocycles. The Morgan fingerprint density at radius 3 is 2.19 bits per heavy atom. The van der Waals surface area contributed by atoms with Crippen LogP contribution in [0.1, 0.15) is 39.7 Å². The molecule has 2 amide bonds. The lowest BCUT2D eigenvalue weighted by atomic mass is 10.1. The number of carbonyl (C=O) groups is 2. The van der Waals surface area contributed by atoms with E-state index < -0.39 is 0 Å². The Hall–Kier alpha value is -2.82. The number of hydrogen-bond acceptors (Lipinski definition) is 3. The van der Waals surface area contributed by atoms with Gasteiger partial charge in [0, 0.05) is 31.3 Å². The van der Waals surface area contributed by atoms with Crippen LogP contribution < -0.4 is 15.0 Å². The Balaban J connectivity index is 1.92. The Kier molecular flexibility index (Phi) is 7.41. The molecule has 0 aliphatic rings. The molecule has 0 saturated heterocycles. The van der Waals surface area contributed by atoms with E-state index in [-0.39, 0.29) is 24.3 Å². The molecule has 2 rings (SSSR count). The minimum absolute atomic E-state index is 0.0813. The molecule has 0 unspecified atom stereocenters. The van der Waals surface area contributed by atoms with Gasteiger partial charge >= 0.3 is 0 Å². The molecule has 5 nitrogen and oxygen atoms in total. The van der Waals surface area contributed by atoms with Crippen LogP contribution in [0.15, 0.2) is 48.5 Å². The van der Waals surface area contributed by atoms with Crippen LogP contribution in [0, 0.1) is 0 Å². The number of carbonyl (C=O) groups excluding carboxylic acids is 2. The summed E-state index contributed by atoms with van der Waals surface area (Å²) >= 11 is 0. The van der Waals surface area contributed by atoms with Gasteiger partial charge in [0.2, 0.25) is 11.8 Å². The van der Waals surface area contributed by atoms with Gasteiger partial charge in [0.1, 0.15) is 5.75 Å². The average Bonchev–Trinajstić information content (AvgIpc) is 2.63. The predicted molar refractivity (Wildman–Crippen MR) is 109 cm³/mol. The second-order valence-electron chi connectivity index (χ2n) is 6.68. The lowest BCUT2D eigenvalue weighted by Gasteiger charge is -2.21. The number of amides is 2. The minimum atomic E-state index is -0.135. The van der Waals surface area contributed by atoms with Crippen molar-refractivity contribution in [1.29, 1.82) is 0 Å². The maximum absolute atomic E-state index is 12.3. The number of nitrogens with zero attached hydrogens (tertiary/aromatic N) is 1. The number of nitrogens with one attached hydrogen (secondary N) is 1. The maximum atomic E-state index is 12.3. The molecule has 0 radical (unpaired) electrons. The summed E-state index contributed by atoms with van der Waals surface area (Å²) in [7, 11) is 0. The summed E-state index contributed by atoms with van der Waals surface area (Å²) in [5.74, 6) is 0.549. The quantitative estimate of drug-likeness (QED) is 0.750. The van der Waals surface area contributed by atoms with E-state index in [1.165, 1.54) is 12.5 Å². The van der Waals surface area contributed by atoms with Crippen molar-refractivity contribution in [1.82, 2.24) is 0 Å². The smallest absolute Gasteiger partial charge is 0.226 e. The summed E-state index contributed by atoms with van der Waals surface area (Å²) < 4.78 is 5.59. The van der Waals surface area contributed by atoms with Crippen LogP contribution in [0.3, 0.4) is 0 Å². The van der Waals surface area contributed by atoms with E-state index in [9.17, 15) is 9.59 Å². The SMILES string of the molecule is CCc1ccc(N(CCC(=O)Nc2ccc(OC(C)C)cc2)C(C)=O)cc1. The first-order valence-electron chi connectivity index (χ1n) is 9.32. The third-order valence-corrected chi connectivity index (χ3v) is 4.11. The third kappa shape index (κ3) is 6.44. The number of benzene rings is 2. The van der Waals surface area contributed by atoms with Gasteiger partial charge in [0.15, 0.2) is 0 Å². The van der Waals surface area contributed by atoms with Crippen molar-refractivity contribution >= 4 is 23.2 Å². The summed E-state index contributed by atoms with van der Waals surface area (Å²) in [6, 6.07) is 15.1. The zero-order chi connectivity index (χ0) is 19.8. The summed E-state index contributed by atoms with van der Waals surface area (Å²) in [6.45, 7) is 7.86. The van der Waals surface area contributed by atoms with E-state index in [1.807, 2.05) is 62.4 Å². The molecule has 0 atom stereocenters. The molecule has 0 spiro atoms. The molecule has 144 valence electrons. The lowest BCUT2D eigenvalue weighted by Crippen LogP contribution is -2.31. The van der Waals surface area contributed by atoms with Crippen molar-refractivity contribution in [3.8, 4) is 5.75 Å². The summed E-state index contributed by atoms with van der Waals surface area (Å²) in [6.07, 6.45) is 1.28. The highest BCUT2D eigenvalue weighted by Gasteiger charge is 2.13. The Morgan fingerprint density at radius 2 is 1.67 bits per heavy atom. The van der Waals surface area contributed by atoms with Crippen LogP contribution in [0.5, 0.6) is 5.75 Å². The van der Waals surface area contributed by atoms with Crippen molar-refractivity contribution in [2.45, 2.75) is 46.6 Å². The summed E-state index contributed by atoms with van der Waals surface area (Å²) in [4.78, 5) is 25.9. The van der Waals surface area contributed by atoms with Crippen LogP contribution in [0.2, 0.25) is 0 Å². The predicted octanol–water partition coefficient (Wildman–Crippen LogP) is 4.42. The Bertz CT molecular complexity index is 752. The van der Waals surface area contributed by atoms with Crippen molar-refractivity contribution in [2.75, 3.05) is 16.8 Å². The van der Waals surface area contributed by atoms with Gasteiger partial charge in [-0.3, -0.25) is 9.59 Å². The van der Waals surface area contributed by atoms with Crippen molar-refractivity contribution in [3.63, 3.8) is 0 Å². The molecule has 2 aromatic carbocycles. The van der Waals surface area contributed by atoms with Gasteiger partial charge in [-0.1, -0.05) is 19.1 Å². The fraction of sp³-hybridized carbons (Fsp3) is 0.364. The molecular formula is C22H28N2O3. The minimum Gasteiger partial charge on any atom is -0.491 e. The number of rotatable bonds is 8.